The van der Waals surface area contributed by atoms with E-state index in [1.807, 2.05) is 6.92 Å². The number of nitrogens with one attached hydrogen (secondary N) is 1. The van der Waals surface area contributed by atoms with Crippen LogP contribution in [-0.2, 0) is 4.79 Å². The minimum absolute atomic E-state index is 0.0254. The zero-order valence-corrected chi connectivity index (χ0v) is 11.3. The summed E-state index contributed by atoms with van der Waals surface area (Å²) in [4.78, 5) is 26.2. The second-order valence-electron chi connectivity index (χ2n) is 4.73. The molecule has 2 amide bonds. The van der Waals surface area contributed by atoms with Crippen LogP contribution >= 0.6 is 0 Å². The topological polar surface area (TPSA) is 72.9 Å². The van der Waals surface area contributed by atoms with E-state index in [0.717, 1.165) is 0 Å². The molecular weight excluding hydrogens is 246 g/mol. The Hall–Kier alpha value is -1.74. The normalized spacial score (nSPS) is 17.6. The fraction of sp³-hybridized carbons (Fsp3) is 0.692. The second-order valence-corrected chi connectivity index (χ2v) is 4.73. The summed E-state index contributed by atoms with van der Waals surface area (Å²) in [5, 5.41) is 11.5. The number of terminal acetylenes is 1. The molecule has 1 unspecified atom stereocenters. The molecule has 1 aliphatic rings. The summed E-state index contributed by atoms with van der Waals surface area (Å²) in [7, 11) is 0. The molecule has 1 fully saturated rings. The highest BCUT2D eigenvalue weighted by molar-refractivity contribution is 5.74. The molecule has 1 saturated heterocycles. The van der Waals surface area contributed by atoms with Crippen LogP contribution in [0.15, 0.2) is 0 Å². The lowest BCUT2D eigenvalue weighted by Crippen LogP contribution is -2.53. The van der Waals surface area contributed by atoms with Crippen LogP contribution < -0.4 is 5.32 Å². The fourth-order valence-corrected chi connectivity index (χ4v) is 1.96. The number of piperazine rings is 1. The van der Waals surface area contributed by atoms with E-state index in [4.69, 9.17) is 11.5 Å². The van der Waals surface area contributed by atoms with Crippen LogP contribution in [0.25, 0.3) is 0 Å². The third kappa shape index (κ3) is 5.62. The first-order valence-electron chi connectivity index (χ1n) is 6.46. The van der Waals surface area contributed by atoms with Gasteiger partial charge in [0.1, 0.15) is 0 Å². The van der Waals surface area contributed by atoms with Gasteiger partial charge in [-0.1, -0.05) is 0 Å². The number of amides is 2. The number of aliphatic carboxylic acids is 1. The van der Waals surface area contributed by atoms with Crippen LogP contribution in [-0.4, -0.2) is 65.7 Å². The summed E-state index contributed by atoms with van der Waals surface area (Å²) in [6, 6.07) is -0.122. The molecule has 1 atom stereocenters. The van der Waals surface area contributed by atoms with Gasteiger partial charge in [-0.25, -0.2) is 4.79 Å². The quantitative estimate of drug-likeness (QED) is 0.698. The summed E-state index contributed by atoms with van der Waals surface area (Å²) in [6.45, 7) is 5.08. The molecule has 0 aromatic heterocycles. The molecule has 0 saturated carbocycles. The van der Waals surface area contributed by atoms with Crippen LogP contribution in [0.2, 0.25) is 0 Å². The number of carboxylic acid groups (broad SMARTS) is 1. The standard InChI is InChI=1S/C13H21N3O3/c1-3-4-11(2)14-13(19)16-9-7-15(8-10-16)6-5-12(17)18/h1,11H,4-10H2,2H3,(H,14,19)(H,17,18). The number of carbonyl (C=O) groups excluding carboxylic acids is 1. The summed E-state index contributed by atoms with van der Waals surface area (Å²) >= 11 is 0. The minimum Gasteiger partial charge on any atom is -0.481 e. The predicted molar refractivity (Wildman–Crippen MR) is 71.7 cm³/mol. The van der Waals surface area contributed by atoms with Crippen molar-refractivity contribution in [3.8, 4) is 12.3 Å². The molecule has 0 aromatic carbocycles. The van der Waals surface area contributed by atoms with Crippen molar-refractivity contribution in [3.63, 3.8) is 0 Å². The fourth-order valence-electron chi connectivity index (χ4n) is 1.96. The molecule has 106 valence electrons. The van der Waals surface area contributed by atoms with E-state index < -0.39 is 5.97 Å². The Bertz CT molecular complexity index is 357. The van der Waals surface area contributed by atoms with E-state index in [1.54, 1.807) is 4.90 Å². The SMILES string of the molecule is C#CCC(C)NC(=O)N1CCN(CCC(=O)O)CC1. The summed E-state index contributed by atoms with van der Waals surface area (Å²) in [5.74, 6) is 1.72. The Labute approximate surface area is 113 Å². The molecule has 0 aliphatic carbocycles. The van der Waals surface area contributed by atoms with Crippen molar-refractivity contribution in [1.29, 1.82) is 0 Å². The van der Waals surface area contributed by atoms with Gasteiger partial charge in [0.25, 0.3) is 0 Å². The summed E-state index contributed by atoms with van der Waals surface area (Å²) in [6.07, 6.45) is 5.85. The smallest absolute Gasteiger partial charge is 0.317 e. The van der Waals surface area contributed by atoms with E-state index >= 15 is 0 Å². The van der Waals surface area contributed by atoms with Gasteiger partial charge >= 0.3 is 12.0 Å². The van der Waals surface area contributed by atoms with Gasteiger partial charge in [0.2, 0.25) is 0 Å². The van der Waals surface area contributed by atoms with Crippen molar-refractivity contribution in [2.45, 2.75) is 25.8 Å². The van der Waals surface area contributed by atoms with Crippen LogP contribution in [0.1, 0.15) is 19.8 Å². The molecule has 0 bridgehead atoms. The molecule has 2 N–H and O–H groups in total. The first-order chi connectivity index (χ1) is 9.02. The Morgan fingerprint density at radius 3 is 2.53 bits per heavy atom. The molecule has 0 radical (unpaired) electrons. The van der Waals surface area contributed by atoms with Gasteiger partial charge in [0.05, 0.1) is 6.42 Å². The maximum Gasteiger partial charge on any atom is 0.317 e. The molecule has 1 heterocycles. The monoisotopic (exact) mass is 267 g/mol. The third-order valence-corrected chi connectivity index (χ3v) is 3.10. The van der Waals surface area contributed by atoms with Crippen molar-refractivity contribution in [2.75, 3.05) is 32.7 Å². The zero-order chi connectivity index (χ0) is 14.3. The second kappa shape index (κ2) is 7.64. The number of urea groups is 1. The number of carbonyl (C=O) groups is 2. The van der Waals surface area contributed by atoms with Gasteiger partial charge in [-0.3, -0.25) is 9.69 Å². The zero-order valence-electron chi connectivity index (χ0n) is 11.3. The van der Waals surface area contributed by atoms with Gasteiger partial charge in [-0.05, 0) is 6.92 Å². The maximum atomic E-state index is 11.9. The first kappa shape index (κ1) is 15.3. The van der Waals surface area contributed by atoms with Gasteiger partial charge in [-0.15, -0.1) is 12.3 Å². The highest BCUT2D eigenvalue weighted by Gasteiger charge is 2.21. The Morgan fingerprint density at radius 2 is 2.00 bits per heavy atom. The van der Waals surface area contributed by atoms with Crippen molar-refractivity contribution >= 4 is 12.0 Å². The lowest BCUT2D eigenvalue weighted by Gasteiger charge is -2.34. The molecule has 6 nitrogen and oxygen atoms in total. The number of hydrogen-bond acceptors (Lipinski definition) is 3. The average molecular weight is 267 g/mol. The van der Waals surface area contributed by atoms with Crippen LogP contribution in [0.4, 0.5) is 4.79 Å². The van der Waals surface area contributed by atoms with E-state index in [0.29, 0.717) is 39.1 Å². The molecular formula is C13H21N3O3. The molecule has 1 aliphatic heterocycles. The van der Waals surface area contributed by atoms with Gasteiger partial charge in [0.15, 0.2) is 0 Å². The number of rotatable bonds is 5. The molecule has 19 heavy (non-hydrogen) atoms. The number of hydrogen-bond donors (Lipinski definition) is 2. The molecule has 0 spiro atoms. The van der Waals surface area contributed by atoms with Crippen LogP contribution in [0.3, 0.4) is 0 Å². The molecule has 6 heteroatoms. The van der Waals surface area contributed by atoms with E-state index in [-0.39, 0.29) is 18.5 Å². The van der Waals surface area contributed by atoms with Crippen molar-refractivity contribution < 1.29 is 14.7 Å². The maximum absolute atomic E-state index is 11.9. The van der Waals surface area contributed by atoms with Gasteiger partial charge in [0, 0.05) is 45.2 Å². The Kier molecular flexibility index (Phi) is 6.16. The highest BCUT2D eigenvalue weighted by Crippen LogP contribution is 2.03. The van der Waals surface area contributed by atoms with Gasteiger partial charge < -0.3 is 15.3 Å². The molecule has 1 rings (SSSR count). The molecule has 0 aromatic rings. The summed E-state index contributed by atoms with van der Waals surface area (Å²) < 4.78 is 0. The van der Waals surface area contributed by atoms with E-state index in [9.17, 15) is 9.59 Å². The van der Waals surface area contributed by atoms with E-state index in [1.165, 1.54) is 0 Å². The van der Waals surface area contributed by atoms with Crippen molar-refractivity contribution in [2.24, 2.45) is 0 Å². The largest absolute Gasteiger partial charge is 0.481 e. The van der Waals surface area contributed by atoms with Crippen molar-refractivity contribution in [3.05, 3.63) is 0 Å². The van der Waals surface area contributed by atoms with E-state index in [2.05, 4.69) is 16.1 Å². The van der Waals surface area contributed by atoms with Crippen LogP contribution in [0.5, 0.6) is 0 Å². The third-order valence-electron chi connectivity index (χ3n) is 3.10. The van der Waals surface area contributed by atoms with Crippen molar-refractivity contribution in [1.82, 2.24) is 15.1 Å². The highest BCUT2D eigenvalue weighted by atomic mass is 16.4. The number of nitrogens with zero attached hydrogens (tertiary/aromatic N) is 2. The van der Waals surface area contributed by atoms with Gasteiger partial charge in [-0.2, -0.15) is 0 Å². The predicted octanol–water partition coefficient (Wildman–Crippen LogP) is 0.200. The Morgan fingerprint density at radius 1 is 1.37 bits per heavy atom. The lowest BCUT2D eigenvalue weighted by molar-refractivity contribution is -0.137. The van der Waals surface area contributed by atoms with Crippen LogP contribution in [0, 0.1) is 12.3 Å². The number of carboxylic acids is 1. The summed E-state index contributed by atoms with van der Waals surface area (Å²) in [5.41, 5.74) is 0. The average Bonchev–Trinajstić information content (AvgIpc) is 2.37. The lowest BCUT2D eigenvalue weighted by atomic mass is 10.2. The Balaban J connectivity index is 2.27. The minimum atomic E-state index is -0.789. The first-order valence-corrected chi connectivity index (χ1v) is 6.46.